The van der Waals surface area contributed by atoms with Crippen molar-refractivity contribution >= 4 is 5.97 Å². The Kier molecular flexibility index (Phi) is 3.72. The summed E-state index contributed by atoms with van der Waals surface area (Å²) in [6.45, 7) is 10.3. The summed E-state index contributed by atoms with van der Waals surface area (Å²) in [7, 11) is 0. The third kappa shape index (κ3) is 2.07. The number of esters is 1. The fourth-order valence-corrected chi connectivity index (χ4v) is 3.88. The molecule has 2 aliphatic carbocycles. The van der Waals surface area contributed by atoms with Gasteiger partial charge in [-0.25, -0.2) is 0 Å². The zero-order chi connectivity index (χ0) is 13.4. The molecule has 0 aromatic carbocycles. The Balaban J connectivity index is 1.90. The minimum atomic E-state index is -0.0852. The second-order valence-corrected chi connectivity index (χ2v) is 6.77. The second kappa shape index (κ2) is 4.84. The van der Waals surface area contributed by atoms with Crippen LogP contribution in [0.2, 0.25) is 0 Å². The van der Waals surface area contributed by atoms with Crippen LogP contribution in [0.5, 0.6) is 0 Å². The molecule has 3 atom stereocenters. The minimum absolute atomic E-state index is 0.0852. The molecular formula is C15H27NO2. The van der Waals surface area contributed by atoms with Gasteiger partial charge in [-0.2, -0.15) is 0 Å². The van der Waals surface area contributed by atoms with E-state index in [4.69, 9.17) is 4.74 Å². The van der Waals surface area contributed by atoms with Crippen LogP contribution in [0.4, 0.5) is 0 Å². The van der Waals surface area contributed by atoms with E-state index in [1.165, 1.54) is 12.8 Å². The number of fused-ring (bicyclic) bond motifs is 2. The Labute approximate surface area is 111 Å². The van der Waals surface area contributed by atoms with Crippen LogP contribution < -0.4 is 5.32 Å². The van der Waals surface area contributed by atoms with E-state index >= 15 is 0 Å². The maximum Gasteiger partial charge on any atom is 0.320 e. The molecule has 2 aliphatic rings. The highest BCUT2D eigenvalue weighted by molar-refractivity contribution is 5.72. The SMILES string of the molecule is CCCNCC(=O)O[C@H]1C[C@H]2CC[C@]1(C)C2(C)C. The summed E-state index contributed by atoms with van der Waals surface area (Å²) in [5.74, 6) is 0.641. The lowest BCUT2D eigenvalue weighted by molar-refractivity contribution is -0.155. The van der Waals surface area contributed by atoms with Crippen LogP contribution >= 0.6 is 0 Å². The van der Waals surface area contributed by atoms with E-state index in [2.05, 4.69) is 33.0 Å². The van der Waals surface area contributed by atoms with Crippen molar-refractivity contribution < 1.29 is 9.53 Å². The van der Waals surface area contributed by atoms with Crippen LogP contribution in [0.3, 0.4) is 0 Å². The molecule has 0 unspecified atom stereocenters. The van der Waals surface area contributed by atoms with Crippen molar-refractivity contribution in [1.82, 2.24) is 5.32 Å². The second-order valence-electron chi connectivity index (χ2n) is 6.77. The fourth-order valence-electron chi connectivity index (χ4n) is 3.88. The van der Waals surface area contributed by atoms with Gasteiger partial charge in [0.1, 0.15) is 6.10 Å². The summed E-state index contributed by atoms with van der Waals surface area (Å²) in [6, 6.07) is 0. The number of hydrogen-bond acceptors (Lipinski definition) is 3. The van der Waals surface area contributed by atoms with Gasteiger partial charge in [-0.15, -0.1) is 0 Å². The van der Waals surface area contributed by atoms with Gasteiger partial charge in [0.05, 0.1) is 6.54 Å². The van der Waals surface area contributed by atoms with Crippen molar-refractivity contribution in [2.45, 2.75) is 59.5 Å². The number of carbonyl (C=O) groups excluding carboxylic acids is 1. The first-order valence-corrected chi connectivity index (χ1v) is 7.32. The quantitative estimate of drug-likeness (QED) is 0.605. The van der Waals surface area contributed by atoms with Gasteiger partial charge in [0.25, 0.3) is 0 Å². The molecule has 104 valence electrons. The van der Waals surface area contributed by atoms with Crippen LogP contribution in [-0.4, -0.2) is 25.2 Å². The Bertz CT molecular complexity index is 326. The molecule has 2 rings (SSSR count). The van der Waals surface area contributed by atoms with Crippen molar-refractivity contribution in [3.8, 4) is 0 Å². The maximum atomic E-state index is 11.8. The van der Waals surface area contributed by atoms with E-state index in [1.807, 2.05) is 0 Å². The van der Waals surface area contributed by atoms with Gasteiger partial charge in [-0.05, 0) is 43.6 Å². The minimum Gasteiger partial charge on any atom is -0.461 e. The van der Waals surface area contributed by atoms with Crippen molar-refractivity contribution in [3.63, 3.8) is 0 Å². The van der Waals surface area contributed by atoms with Gasteiger partial charge in [-0.3, -0.25) is 4.79 Å². The molecule has 0 saturated heterocycles. The number of carbonyl (C=O) groups is 1. The highest BCUT2D eigenvalue weighted by atomic mass is 16.5. The smallest absolute Gasteiger partial charge is 0.320 e. The number of nitrogens with one attached hydrogen (secondary N) is 1. The summed E-state index contributed by atoms with van der Waals surface area (Å²) in [4.78, 5) is 11.8. The summed E-state index contributed by atoms with van der Waals surface area (Å²) >= 11 is 0. The lowest BCUT2D eigenvalue weighted by Crippen LogP contribution is -2.40. The standard InChI is InChI=1S/C15H27NO2/c1-5-8-16-10-13(17)18-12-9-11-6-7-15(12,4)14(11,2)3/h11-12,16H,5-10H2,1-4H3/t11-,12+,15+/m1/s1. The van der Waals surface area contributed by atoms with Gasteiger partial charge in [-0.1, -0.05) is 27.7 Å². The molecule has 3 heteroatoms. The van der Waals surface area contributed by atoms with Gasteiger partial charge >= 0.3 is 5.97 Å². The van der Waals surface area contributed by atoms with Crippen molar-refractivity contribution in [2.24, 2.45) is 16.7 Å². The zero-order valence-electron chi connectivity index (χ0n) is 12.2. The lowest BCUT2D eigenvalue weighted by Gasteiger charge is -2.38. The van der Waals surface area contributed by atoms with Crippen molar-refractivity contribution in [3.05, 3.63) is 0 Å². The Morgan fingerprint density at radius 2 is 2.11 bits per heavy atom. The van der Waals surface area contributed by atoms with Gasteiger partial charge in [0.15, 0.2) is 0 Å². The van der Waals surface area contributed by atoms with Gasteiger partial charge in [0, 0.05) is 5.41 Å². The van der Waals surface area contributed by atoms with Crippen molar-refractivity contribution in [2.75, 3.05) is 13.1 Å². The molecule has 0 aromatic heterocycles. The van der Waals surface area contributed by atoms with E-state index in [-0.39, 0.29) is 17.5 Å². The van der Waals surface area contributed by atoms with E-state index in [0.29, 0.717) is 12.0 Å². The largest absolute Gasteiger partial charge is 0.461 e. The number of hydrogen-bond donors (Lipinski definition) is 1. The van der Waals surface area contributed by atoms with Crippen LogP contribution in [0, 0.1) is 16.7 Å². The normalized spacial score (nSPS) is 36.9. The number of rotatable bonds is 5. The first-order chi connectivity index (χ1) is 8.41. The predicted octanol–water partition coefficient (Wildman–Crippen LogP) is 2.74. The van der Waals surface area contributed by atoms with E-state index in [1.54, 1.807) is 0 Å². The first-order valence-electron chi connectivity index (χ1n) is 7.32. The third-order valence-electron chi connectivity index (χ3n) is 5.68. The zero-order valence-corrected chi connectivity index (χ0v) is 12.2. The average molecular weight is 253 g/mol. The molecule has 0 radical (unpaired) electrons. The topological polar surface area (TPSA) is 38.3 Å². The average Bonchev–Trinajstić information content (AvgIpc) is 2.62. The van der Waals surface area contributed by atoms with Crippen LogP contribution in [0.25, 0.3) is 0 Å². The summed E-state index contributed by atoms with van der Waals surface area (Å²) in [5.41, 5.74) is 0.493. The molecule has 0 aliphatic heterocycles. The van der Waals surface area contributed by atoms with Crippen molar-refractivity contribution in [1.29, 1.82) is 0 Å². The molecule has 2 saturated carbocycles. The van der Waals surface area contributed by atoms with E-state index in [0.717, 1.165) is 25.3 Å². The molecule has 0 aromatic rings. The molecule has 2 fully saturated rings. The van der Waals surface area contributed by atoms with Crippen LogP contribution in [0.1, 0.15) is 53.4 Å². The predicted molar refractivity (Wildman–Crippen MR) is 72.3 cm³/mol. The Morgan fingerprint density at radius 3 is 2.61 bits per heavy atom. The third-order valence-corrected chi connectivity index (χ3v) is 5.68. The monoisotopic (exact) mass is 253 g/mol. The van der Waals surface area contributed by atoms with Crippen LogP contribution in [-0.2, 0) is 9.53 Å². The number of ether oxygens (including phenoxy) is 1. The summed E-state index contributed by atoms with van der Waals surface area (Å²) in [6.07, 6.45) is 4.73. The molecule has 2 bridgehead atoms. The summed E-state index contributed by atoms with van der Waals surface area (Å²) < 4.78 is 5.73. The van der Waals surface area contributed by atoms with Gasteiger partial charge in [0.2, 0.25) is 0 Å². The van der Waals surface area contributed by atoms with E-state index in [9.17, 15) is 4.79 Å². The first kappa shape index (κ1) is 13.9. The molecular weight excluding hydrogens is 226 g/mol. The summed E-state index contributed by atoms with van der Waals surface area (Å²) in [5, 5.41) is 3.11. The molecule has 18 heavy (non-hydrogen) atoms. The highest BCUT2D eigenvalue weighted by Crippen LogP contribution is 2.66. The molecule has 0 spiro atoms. The molecule has 1 N–H and O–H groups in total. The maximum absolute atomic E-state index is 11.8. The molecule has 0 amide bonds. The van der Waals surface area contributed by atoms with Gasteiger partial charge < -0.3 is 10.1 Å². The Hall–Kier alpha value is -0.570. The van der Waals surface area contributed by atoms with E-state index < -0.39 is 0 Å². The fraction of sp³-hybridized carbons (Fsp3) is 0.933. The highest BCUT2D eigenvalue weighted by Gasteiger charge is 2.62. The van der Waals surface area contributed by atoms with Crippen LogP contribution in [0.15, 0.2) is 0 Å². The molecule has 3 nitrogen and oxygen atoms in total. The molecule has 0 heterocycles. The lowest BCUT2D eigenvalue weighted by atomic mass is 9.70. The Morgan fingerprint density at radius 1 is 1.39 bits per heavy atom.